The zero-order valence-corrected chi connectivity index (χ0v) is 10.1. The molecule has 0 radical (unpaired) electrons. The molecule has 0 spiro atoms. The Kier molecular flexibility index (Phi) is 5.49. The molecule has 2 heteroatoms. The molecule has 2 nitrogen and oxygen atoms in total. The van der Waals surface area contributed by atoms with Gasteiger partial charge in [0.15, 0.2) is 0 Å². The summed E-state index contributed by atoms with van der Waals surface area (Å²) in [4.78, 5) is 5.10. The van der Waals surface area contributed by atoms with Crippen LogP contribution < -0.4 is 0 Å². The van der Waals surface area contributed by atoms with Crippen LogP contribution in [-0.4, -0.2) is 49.1 Å². The largest absolute Gasteiger partial charge is 0.307 e. The normalized spacial score (nSPS) is 20.6. The first kappa shape index (κ1) is 12.0. The highest BCUT2D eigenvalue weighted by Crippen LogP contribution is 2.16. The summed E-state index contributed by atoms with van der Waals surface area (Å²) in [5.74, 6) is 0. The Labute approximate surface area is 89.3 Å². The minimum absolute atomic E-state index is 0.839. The molecule has 0 aromatic heterocycles. The number of nitrogens with zero attached hydrogens (tertiary/aromatic N) is 2. The third-order valence-electron chi connectivity index (χ3n) is 3.51. The number of likely N-dealkylation sites (tertiary alicyclic amines) is 1. The molecule has 1 unspecified atom stereocenters. The van der Waals surface area contributed by atoms with Gasteiger partial charge in [0.05, 0.1) is 0 Å². The SMILES string of the molecule is CCC(CCN(C)CC)N1CCCC1. The van der Waals surface area contributed by atoms with Gasteiger partial charge in [-0.15, -0.1) is 0 Å². The van der Waals surface area contributed by atoms with Crippen molar-refractivity contribution < 1.29 is 0 Å². The van der Waals surface area contributed by atoms with E-state index in [1.807, 2.05) is 0 Å². The van der Waals surface area contributed by atoms with Crippen LogP contribution >= 0.6 is 0 Å². The van der Waals surface area contributed by atoms with E-state index in [-0.39, 0.29) is 0 Å². The summed E-state index contributed by atoms with van der Waals surface area (Å²) in [6, 6.07) is 0.839. The highest BCUT2D eigenvalue weighted by atomic mass is 15.2. The summed E-state index contributed by atoms with van der Waals surface area (Å²) >= 11 is 0. The topological polar surface area (TPSA) is 6.48 Å². The van der Waals surface area contributed by atoms with Crippen molar-refractivity contribution in [2.24, 2.45) is 0 Å². The third-order valence-corrected chi connectivity index (χ3v) is 3.51. The summed E-state index contributed by atoms with van der Waals surface area (Å²) in [6.07, 6.45) is 5.50. The van der Waals surface area contributed by atoms with Crippen molar-refractivity contribution in [3.63, 3.8) is 0 Å². The fourth-order valence-electron chi connectivity index (χ4n) is 2.28. The number of rotatable bonds is 6. The van der Waals surface area contributed by atoms with Crippen molar-refractivity contribution in [2.45, 2.75) is 45.6 Å². The molecule has 0 aromatic rings. The second-order valence-corrected chi connectivity index (χ2v) is 4.49. The molecule has 1 fully saturated rings. The molecule has 1 aliphatic rings. The fraction of sp³-hybridized carbons (Fsp3) is 1.00. The quantitative estimate of drug-likeness (QED) is 0.645. The second kappa shape index (κ2) is 6.41. The van der Waals surface area contributed by atoms with Crippen LogP contribution in [0.1, 0.15) is 39.5 Å². The lowest BCUT2D eigenvalue weighted by molar-refractivity contribution is 0.201. The predicted octanol–water partition coefficient (Wildman–Crippen LogP) is 2.20. The van der Waals surface area contributed by atoms with Crippen molar-refractivity contribution in [1.82, 2.24) is 9.80 Å². The number of hydrogen-bond acceptors (Lipinski definition) is 2. The maximum absolute atomic E-state index is 2.68. The summed E-state index contributed by atoms with van der Waals surface area (Å²) in [5.41, 5.74) is 0. The lowest BCUT2D eigenvalue weighted by atomic mass is 10.1. The molecule has 1 atom stereocenters. The van der Waals surface area contributed by atoms with Gasteiger partial charge in [0.1, 0.15) is 0 Å². The Morgan fingerprint density at radius 2 is 1.86 bits per heavy atom. The average molecular weight is 198 g/mol. The first-order chi connectivity index (χ1) is 6.77. The smallest absolute Gasteiger partial charge is 0.0105 e. The molecular weight excluding hydrogens is 172 g/mol. The Hall–Kier alpha value is -0.0800. The third kappa shape index (κ3) is 3.58. The van der Waals surface area contributed by atoms with E-state index in [2.05, 4.69) is 30.7 Å². The Balaban J connectivity index is 2.23. The molecule has 14 heavy (non-hydrogen) atoms. The Morgan fingerprint density at radius 3 is 2.36 bits per heavy atom. The predicted molar refractivity (Wildman–Crippen MR) is 62.7 cm³/mol. The number of hydrogen-bond donors (Lipinski definition) is 0. The monoisotopic (exact) mass is 198 g/mol. The van der Waals surface area contributed by atoms with E-state index in [1.54, 1.807) is 0 Å². The maximum atomic E-state index is 2.68. The van der Waals surface area contributed by atoms with E-state index in [0.717, 1.165) is 6.04 Å². The van der Waals surface area contributed by atoms with Crippen LogP contribution in [0, 0.1) is 0 Å². The molecule has 0 bridgehead atoms. The van der Waals surface area contributed by atoms with E-state index >= 15 is 0 Å². The van der Waals surface area contributed by atoms with Crippen molar-refractivity contribution >= 4 is 0 Å². The van der Waals surface area contributed by atoms with Crippen LogP contribution in [0.25, 0.3) is 0 Å². The van der Waals surface area contributed by atoms with Gasteiger partial charge in [-0.3, -0.25) is 0 Å². The lowest BCUT2D eigenvalue weighted by Gasteiger charge is -2.28. The van der Waals surface area contributed by atoms with Gasteiger partial charge in [0, 0.05) is 6.04 Å². The zero-order chi connectivity index (χ0) is 10.4. The molecule has 1 heterocycles. The van der Waals surface area contributed by atoms with Gasteiger partial charge in [-0.1, -0.05) is 13.8 Å². The Morgan fingerprint density at radius 1 is 1.21 bits per heavy atom. The Bertz CT molecular complexity index is 141. The van der Waals surface area contributed by atoms with Gasteiger partial charge >= 0.3 is 0 Å². The molecule has 1 aliphatic heterocycles. The summed E-state index contributed by atoms with van der Waals surface area (Å²) in [7, 11) is 2.22. The van der Waals surface area contributed by atoms with E-state index in [4.69, 9.17) is 0 Å². The van der Waals surface area contributed by atoms with Crippen molar-refractivity contribution in [1.29, 1.82) is 0 Å². The lowest BCUT2D eigenvalue weighted by Crippen LogP contribution is -2.35. The van der Waals surface area contributed by atoms with Crippen LogP contribution in [0.5, 0.6) is 0 Å². The van der Waals surface area contributed by atoms with Crippen LogP contribution in [0.15, 0.2) is 0 Å². The van der Waals surface area contributed by atoms with E-state index in [0.29, 0.717) is 0 Å². The van der Waals surface area contributed by atoms with Crippen LogP contribution in [0.4, 0.5) is 0 Å². The van der Waals surface area contributed by atoms with Gasteiger partial charge in [0.25, 0.3) is 0 Å². The molecule has 0 N–H and O–H groups in total. The first-order valence-corrected chi connectivity index (χ1v) is 6.20. The summed E-state index contributed by atoms with van der Waals surface area (Å²) < 4.78 is 0. The van der Waals surface area contributed by atoms with Gasteiger partial charge in [-0.25, -0.2) is 0 Å². The summed E-state index contributed by atoms with van der Waals surface area (Å²) in [5, 5.41) is 0. The van der Waals surface area contributed by atoms with Crippen LogP contribution in [0.3, 0.4) is 0 Å². The first-order valence-electron chi connectivity index (χ1n) is 6.20. The van der Waals surface area contributed by atoms with Crippen molar-refractivity contribution in [3.05, 3.63) is 0 Å². The minimum atomic E-state index is 0.839. The van der Waals surface area contributed by atoms with Gasteiger partial charge in [0.2, 0.25) is 0 Å². The van der Waals surface area contributed by atoms with Gasteiger partial charge in [-0.05, 0) is 58.9 Å². The molecule has 0 aliphatic carbocycles. The van der Waals surface area contributed by atoms with E-state index in [1.165, 1.54) is 51.9 Å². The molecule has 1 saturated heterocycles. The van der Waals surface area contributed by atoms with Crippen LogP contribution in [0.2, 0.25) is 0 Å². The standard InChI is InChI=1S/C12H26N2/c1-4-12(8-11-13(3)5-2)14-9-6-7-10-14/h12H,4-11H2,1-3H3. The van der Waals surface area contributed by atoms with Gasteiger partial charge in [-0.2, -0.15) is 0 Å². The second-order valence-electron chi connectivity index (χ2n) is 4.49. The minimum Gasteiger partial charge on any atom is -0.307 e. The highest BCUT2D eigenvalue weighted by molar-refractivity contribution is 4.76. The molecule has 0 saturated carbocycles. The van der Waals surface area contributed by atoms with Crippen molar-refractivity contribution in [3.8, 4) is 0 Å². The van der Waals surface area contributed by atoms with E-state index in [9.17, 15) is 0 Å². The molecule has 84 valence electrons. The molecular formula is C12H26N2. The van der Waals surface area contributed by atoms with Gasteiger partial charge < -0.3 is 9.80 Å². The van der Waals surface area contributed by atoms with Crippen molar-refractivity contribution in [2.75, 3.05) is 33.2 Å². The average Bonchev–Trinajstić information content (AvgIpc) is 2.72. The van der Waals surface area contributed by atoms with Crippen LogP contribution in [-0.2, 0) is 0 Å². The zero-order valence-electron chi connectivity index (χ0n) is 10.1. The molecule has 1 rings (SSSR count). The highest BCUT2D eigenvalue weighted by Gasteiger charge is 2.19. The fourth-order valence-corrected chi connectivity index (χ4v) is 2.28. The maximum Gasteiger partial charge on any atom is 0.0105 e. The molecule has 0 aromatic carbocycles. The summed E-state index contributed by atoms with van der Waals surface area (Å²) in [6.45, 7) is 9.68. The molecule has 0 amide bonds. The van der Waals surface area contributed by atoms with E-state index < -0.39 is 0 Å².